The van der Waals surface area contributed by atoms with Gasteiger partial charge in [-0.3, -0.25) is 24.1 Å². The van der Waals surface area contributed by atoms with Crippen LogP contribution in [0.25, 0.3) is 0 Å². The highest BCUT2D eigenvalue weighted by molar-refractivity contribution is 5.93. The molecular formula is C23H39N5O4. The van der Waals surface area contributed by atoms with E-state index >= 15 is 0 Å². The van der Waals surface area contributed by atoms with Crippen LogP contribution in [0.4, 0.5) is 0 Å². The van der Waals surface area contributed by atoms with Crippen LogP contribution < -0.4 is 16.4 Å². The average Bonchev–Trinajstić information content (AvgIpc) is 3.06. The van der Waals surface area contributed by atoms with Crippen LogP contribution in [0.3, 0.4) is 0 Å². The van der Waals surface area contributed by atoms with Crippen molar-refractivity contribution < 1.29 is 19.2 Å². The molecule has 4 N–H and O–H groups in total. The maximum Gasteiger partial charge on any atom is 0.243 e. The van der Waals surface area contributed by atoms with Gasteiger partial charge in [-0.1, -0.05) is 13.8 Å². The van der Waals surface area contributed by atoms with Crippen molar-refractivity contribution in [1.29, 1.82) is 0 Å². The van der Waals surface area contributed by atoms with Gasteiger partial charge in [0.2, 0.25) is 23.6 Å². The standard InChI is InChI=1S/C23H39N5O4/c1-12(2)27(13(3)4)11-17(29)28-10-15-18(23(15,5)6)19(28)22(32)26-16(20(24)30)9-14-7-8-25-21(14)31/h12-16,18-19H,7-11H2,1-6H3,(H2,24,30)(H,25,31)(H,26,32)/t14-,15-,16?,18-,19-/m0/s1. The molecule has 32 heavy (non-hydrogen) atoms. The van der Waals surface area contributed by atoms with Gasteiger partial charge in [0.1, 0.15) is 12.1 Å². The third kappa shape index (κ3) is 4.63. The monoisotopic (exact) mass is 449 g/mol. The van der Waals surface area contributed by atoms with Crippen LogP contribution >= 0.6 is 0 Å². The Morgan fingerprint density at radius 3 is 2.34 bits per heavy atom. The summed E-state index contributed by atoms with van der Waals surface area (Å²) in [6.45, 7) is 13.8. The molecule has 1 unspecified atom stereocenters. The normalized spacial score (nSPS) is 29.3. The van der Waals surface area contributed by atoms with Crippen LogP contribution in [0.1, 0.15) is 54.4 Å². The lowest BCUT2D eigenvalue weighted by molar-refractivity contribution is -0.142. The maximum atomic E-state index is 13.4. The SMILES string of the molecule is CC(C)N(CC(=O)N1C[C@H]2[C@@H]([C@H]1C(=O)NC(C[C@@H]1CCNC1=O)C(N)=O)C2(C)C)C(C)C. The third-order valence-electron chi connectivity index (χ3n) is 7.78. The molecule has 3 fully saturated rings. The first-order valence-corrected chi connectivity index (χ1v) is 11.8. The zero-order valence-electron chi connectivity index (χ0n) is 20.2. The summed E-state index contributed by atoms with van der Waals surface area (Å²) in [5.74, 6) is -1.21. The van der Waals surface area contributed by atoms with Crippen molar-refractivity contribution in [3.05, 3.63) is 0 Å². The van der Waals surface area contributed by atoms with Crippen molar-refractivity contribution in [3.63, 3.8) is 0 Å². The number of piperidine rings is 1. The number of hydrogen-bond donors (Lipinski definition) is 3. The second-order valence-electron chi connectivity index (χ2n) is 10.8. The van der Waals surface area contributed by atoms with E-state index in [2.05, 4.69) is 57.1 Å². The number of hydrogen-bond acceptors (Lipinski definition) is 5. The van der Waals surface area contributed by atoms with Crippen molar-refractivity contribution in [2.45, 2.75) is 78.6 Å². The Bertz CT molecular complexity index is 772. The summed E-state index contributed by atoms with van der Waals surface area (Å²) in [6.07, 6.45) is 0.796. The second-order valence-corrected chi connectivity index (χ2v) is 10.8. The van der Waals surface area contributed by atoms with Crippen LogP contribution in [0, 0.1) is 23.2 Å². The predicted octanol–water partition coefficient (Wildman–Crippen LogP) is 0.0845. The molecule has 0 spiro atoms. The minimum absolute atomic E-state index is 0.0257. The smallest absolute Gasteiger partial charge is 0.243 e. The number of nitrogens with two attached hydrogens (primary N) is 1. The predicted molar refractivity (Wildman–Crippen MR) is 120 cm³/mol. The van der Waals surface area contributed by atoms with Gasteiger partial charge < -0.3 is 21.3 Å². The number of primary amides is 1. The van der Waals surface area contributed by atoms with Gasteiger partial charge in [0.15, 0.2) is 0 Å². The van der Waals surface area contributed by atoms with E-state index in [1.165, 1.54) is 0 Å². The first-order valence-electron chi connectivity index (χ1n) is 11.8. The summed E-state index contributed by atoms with van der Waals surface area (Å²) >= 11 is 0. The molecule has 180 valence electrons. The van der Waals surface area contributed by atoms with Crippen LogP contribution in [0.15, 0.2) is 0 Å². The average molecular weight is 450 g/mol. The highest BCUT2D eigenvalue weighted by atomic mass is 16.2. The fourth-order valence-electron chi connectivity index (χ4n) is 5.71. The quantitative estimate of drug-likeness (QED) is 0.460. The number of amides is 4. The Labute approximate surface area is 190 Å². The molecule has 3 aliphatic rings. The molecule has 0 aromatic rings. The van der Waals surface area contributed by atoms with Gasteiger partial charge in [0.25, 0.3) is 0 Å². The van der Waals surface area contributed by atoms with E-state index in [9.17, 15) is 19.2 Å². The summed E-state index contributed by atoms with van der Waals surface area (Å²) in [5, 5.41) is 5.53. The molecule has 0 radical (unpaired) electrons. The molecule has 1 saturated carbocycles. The molecule has 9 heteroatoms. The third-order valence-corrected chi connectivity index (χ3v) is 7.78. The van der Waals surface area contributed by atoms with Crippen molar-refractivity contribution >= 4 is 23.6 Å². The Kier molecular flexibility index (Phi) is 6.88. The topological polar surface area (TPSA) is 125 Å². The minimum atomic E-state index is -0.933. The number of likely N-dealkylation sites (tertiary alicyclic amines) is 1. The van der Waals surface area contributed by atoms with Crippen molar-refractivity contribution in [1.82, 2.24) is 20.4 Å². The lowest BCUT2D eigenvalue weighted by Crippen LogP contribution is -2.56. The van der Waals surface area contributed by atoms with Crippen LogP contribution in [0.2, 0.25) is 0 Å². The van der Waals surface area contributed by atoms with Gasteiger partial charge >= 0.3 is 0 Å². The molecule has 2 aliphatic heterocycles. The van der Waals surface area contributed by atoms with E-state index in [0.717, 1.165) is 0 Å². The van der Waals surface area contributed by atoms with E-state index in [1.807, 2.05) is 0 Å². The molecule has 3 rings (SSSR count). The van der Waals surface area contributed by atoms with Gasteiger partial charge in [0.05, 0.1) is 6.54 Å². The highest BCUT2D eigenvalue weighted by Crippen LogP contribution is 2.64. The zero-order valence-corrected chi connectivity index (χ0v) is 20.2. The molecule has 2 saturated heterocycles. The molecule has 0 aromatic carbocycles. The number of rotatable bonds is 9. The van der Waals surface area contributed by atoms with E-state index in [1.54, 1.807) is 4.90 Å². The number of fused-ring (bicyclic) bond motifs is 1. The zero-order chi connectivity index (χ0) is 24.0. The van der Waals surface area contributed by atoms with Gasteiger partial charge in [-0.05, 0) is 57.8 Å². The number of carbonyl (C=O) groups excluding carboxylic acids is 4. The molecule has 0 aromatic heterocycles. The molecule has 5 atom stereocenters. The Hall–Kier alpha value is -2.16. The first-order chi connectivity index (χ1) is 14.9. The minimum Gasteiger partial charge on any atom is -0.368 e. The summed E-state index contributed by atoms with van der Waals surface area (Å²) in [6, 6.07) is -1.15. The number of nitrogens with one attached hydrogen (secondary N) is 2. The lowest BCUT2D eigenvalue weighted by atomic mass is 9.96. The first kappa shape index (κ1) is 24.5. The van der Waals surface area contributed by atoms with Crippen molar-refractivity contribution in [2.24, 2.45) is 28.9 Å². The van der Waals surface area contributed by atoms with Crippen molar-refractivity contribution in [3.8, 4) is 0 Å². The fourth-order valence-corrected chi connectivity index (χ4v) is 5.71. The van der Waals surface area contributed by atoms with Gasteiger partial charge in [-0.2, -0.15) is 0 Å². The van der Waals surface area contributed by atoms with Crippen molar-refractivity contribution in [2.75, 3.05) is 19.6 Å². The maximum absolute atomic E-state index is 13.4. The Balaban J connectivity index is 1.74. The van der Waals surface area contributed by atoms with E-state index < -0.39 is 18.0 Å². The largest absolute Gasteiger partial charge is 0.368 e. The van der Waals surface area contributed by atoms with Crippen LogP contribution in [-0.2, 0) is 19.2 Å². The van der Waals surface area contributed by atoms with Gasteiger partial charge in [0, 0.05) is 31.1 Å². The molecule has 2 heterocycles. The molecular weight excluding hydrogens is 410 g/mol. The summed E-state index contributed by atoms with van der Waals surface area (Å²) in [4.78, 5) is 54.4. The summed E-state index contributed by atoms with van der Waals surface area (Å²) in [5.41, 5.74) is 5.53. The van der Waals surface area contributed by atoms with E-state index in [0.29, 0.717) is 19.5 Å². The fraction of sp³-hybridized carbons (Fsp3) is 0.826. The summed E-state index contributed by atoms with van der Waals surface area (Å²) < 4.78 is 0. The molecule has 9 nitrogen and oxygen atoms in total. The Morgan fingerprint density at radius 2 is 1.84 bits per heavy atom. The van der Waals surface area contributed by atoms with Crippen LogP contribution in [-0.4, -0.2) is 77.2 Å². The number of nitrogens with zero attached hydrogens (tertiary/aromatic N) is 2. The molecule has 4 amide bonds. The summed E-state index contributed by atoms with van der Waals surface area (Å²) in [7, 11) is 0. The number of carbonyl (C=O) groups is 4. The Morgan fingerprint density at radius 1 is 1.22 bits per heavy atom. The van der Waals surface area contributed by atoms with Crippen LogP contribution in [0.5, 0.6) is 0 Å². The lowest BCUT2D eigenvalue weighted by Gasteiger charge is -2.35. The van der Waals surface area contributed by atoms with E-state index in [4.69, 9.17) is 5.73 Å². The van der Waals surface area contributed by atoms with E-state index in [-0.39, 0.29) is 65.9 Å². The highest BCUT2D eigenvalue weighted by Gasteiger charge is 2.69. The second kappa shape index (κ2) is 9.00. The van der Waals surface area contributed by atoms with Gasteiger partial charge in [-0.25, -0.2) is 0 Å². The molecule has 0 bridgehead atoms. The van der Waals surface area contributed by atoms with Gasteiger partial charge in [-0.15, -0.1) is 0 Å². The molecule has 1 aliphatic carbocycles.